The minimum absolute atomic E-state index is 0.00971. The van der Waals surface area contributed by atoms with Crippen LogP contribution in [0.2, 0.25) is 0 Å². The van der Waals surface area contributed by atoms with Crippen molar-refractivity contribution in [3.8, 4) is 0 Å². The Balaban J connectivity index is 6.47. The summed E-state index contributed by atoms with van der Waals surface area (Å²) in [5, 5.41) is 61.7. The number of carboxylic acid groups (broad SMARTS) is 3. The zero-order chi connectivity index (χ0) is 89.8. The average molecular weight is 1670 g/mol. The van der Waals surface area contributed by atoms with E-state index in [1.54, 1.807) is 41.5 Å². The minimum Gasteiger partial charge on any atom is -0.481 e. The van der Waals surface area contributed by atoms with Crippen LogP contribution in [0.5, 0.6) is 0 Å². The summed E-state index contributed by atoms with van der Waals surface area (Å²) in [6.45, 7) is 15.8. The molecule has 117 heavy (non-hydrogen) atoms. The number of aliphatic imine (C=N–C) groups is 3. The molecule has 48 heteroatoms. The lowest BCUT2D eigenvalue weighted by Gasteiger charge is -2.28. The van der Waals surface area contributed by atoms with Crippen LogP contribution in [0.3, 0.4) is 0 Å². The molecule has 0 saturated heterocycles. The summed E-state index contributed by atoms with van der Waals surface area (Å²) in [7, 11) is 0. The summed E-state index contributed by atoms with van der Waals surface area (Å²) >= 11 is 0. The summed E-state index contributed by atoms with van der Waals surface area (Å²) < 4.78 is 0. The zero-order valence-electron chi connectivity index (χ0n) is 67.8. The largest absolute Gasteiger partial charge is 0.481 e. The fourth-order valence-electron chi connectivity index (χ4n) is 10.7. The third-order valence-corrected chi connectivity index (χ3v) is 16.8. The SMILES string of the molecule is CC(C)C[C@H](NC(=O)[C@H](C)NC(=O)[C@H](CC(N)=O)NC(=O)[C@H](C)NC(=O)[C@H](CCCN=C(N)N)NC(=O)[C@@H](N)CCCN=C(N)N)C(=O)N[C@@H](CC(C)C)C(=O)N[C@@H](C)C(=O)N[C@@H](CC(N)=O)C(=O)NCC(=O)N[C@H](C(=O)N[C@@H](CCC(=O)O)C(=O)N[C@@H](CC(C)C)C(=O)N[C@@H](CCCN=C(N)N)C(=O)N[C@@H](CC(=O)O)C(=O)O)C(C)C. The number of hydrogen-bond acceptors (Lipinski definition) is 23. The number of nitrogens with one attached hydrogen (secondary N) is 14. The highest BCUT2D eigenvalue weighted by Gasteiger charge is 2.38. The van der Waals surface area contributed by atoms with E-state index in [4.69, 9.17) is 51.6 Å². The summed E-state index contributed by atoms with van der Waals surface area (Å²) in [5.41, 5.74) is 49.2. The summed E-state index contributed by atoms with van der Waals surface area (Å²) in [4.78, 5) is 263. The van der Waals surface area contributed by atoms with Gasteiger partial charge in [0.2, 0.25) is 94.5 Å². The Morgan fingerprint density at radius 1 is 0.308 bits per heavy atom. The third-order valence-electron chi connectivity index (χ3n) is 16.8. The van der Waals surface area contributed by atoms with E-state index in [0.29, 0.717) is 6.42 Å². The van der Waals surface area contributed by atoms with E-state index in [-0.39, 0.29) is 107 Å². The van der Waals surface area contributed by atoms with Crippen LogP contribution < -0.4 is 126 Å². The van der Waals surface area contributed by atoms with E-state index in [0.717, 1.165) is 0 Å². The first kappa shape index (κ1) is 105. The molecule has 35 N–H and O–H groups in total. The van der Waals surface area contributed by atoms with Crippen molar-refractivity contribution >= 4 is 130 Å². The van der Waals surface area contributed by atoms with E-state index in [2.05, 4.69) is 89.4 Å². The Morgan fingerprint density at radius 3 is 0.957 bits per heavy atom. The van der Waals surface area contributed by atoms with Crippen LogP contribution in [-0.2, 0) is 91.1 Å². The van der Waals surface area contributed by atoms with Gasteiger partial charge in [-0.2, -0.15) is 0 Å². The molecule has 0 heterocycles. The van der Waals surface area contributed by atoms with E-state index in [1.165, 1.54) is 34.6 Å². The Morgan fingerprint density at radius 2 is 0.607 bits per heavy atom. The first-order valence-corrected chi connectivity index (χ1v) is 37.7. The Bertz CT molecular complexity index is 3550. The Hall–Kier alpha value is -12.3. The van der Waals surface area contributed by atoms with Gasteiger partial charge < -0.3 is 141 Å². The topological polar surface area (TPSA) is 825 Å². The smallest absolute Gasteiger partial charge is 0.326 e. The first-order valence-electron chi connectivity index (χ1n) is 37.7. The van der Waals surface area contributed by atoms with Gasteiger partial charge in [-0.3, -0.25) is 101 Å². The van der Waals surface area contributed by atoms with Crippen molar-refractivity contribution in [2.24, 2.45) is 90.3 Å². The fourth-order valence-corrected chi connectivity index (χ4v) is 10.7. The van der Waals surface area contributed by atoms with Crippen molar-refractivity contribution in [3.63, 3.8) is 0 Å². The van der Waals surface area contributed by atoms with Gasteiger partial charge in [0.15, 0.2) is 17.9 Å². The van der Waals surface area contributed by atoms with Crippen LogP contribution in [0, 0.1) is 23.7 Å². The molecule has 0 spiro atoms. The Kier molecular flexibility index (Phi) is 48.1. The van der Waals surface area contributed by atoms with Gasteiger partial charge in [-0.1, -0.05) is 55.4 Å². The highest BCUT2D eigenvalue weighted by atomic mass is 16.4. The molecular weight excluding hydrogens is 1540 g/mol. The van der Waals surface area contributed by atoms with Crippen molar-refractivity contribution in [3.05, 3.63) is 0 Å². The van der Waals surface area contributed by atoms with Crippen LogP contribution in [0.4, 0.5) is 0 Å². The molecule has 0 unspecified atom stereocenters. The van der Waals surface area contributed by atoms with Gasteiger partial charge in [-0.15, -0.1) is 0 Å². The molecule has 0 aromatic rings. The second-order valence-electron chi connectivity index (χ2n) is 29.3. The highest BCUT2D eigenvalue weighted by Crippen LogP contribution is 2.14. The van der Waals surface area contributed by atoms with E-state index >= 15 is 0 Å². The summed E-state index contributed by atoms with van der Waals surface area (Å²) in [6, 6.07) is -21.6. The molecule has 0 aromatic carbocycles. The molecule has 0 rings (SSSR count). The van der Waals surface area contributed by atoms with Crippen molar-refractivity contribution < 1.29 is 106 Å². The first-order chi connectivity index (χ1) is 54.3. The number of hydrogen-bond donors (Lipinski definition) is 26. The minimum atomic E-state index is -1.93. The van der Waals surface area contributed by atoms with Crippen molar-refractivity contribution in [1.82, 2.24) is 74.4 Å². The number of guanidine groups is 3. The van der Waals surface area contributed by atoms with E-state index in [9.17, 15) is 106 Å². The molecule has 16 amide bonds. The second-order valence-corrected chi connectivity index (χ2v) is 29.3. The third kappa shape index (κ3) is 44.8. The van der Waals surface area contributed by atoms with Crippen molar-refractivity contribution in [1.29, 1.82) is 0 Å². The van der Waals surface area contributed by atoms with Crippen molar-refractivity contribution in [2.45, 2.75) is 251 Å². The number of amides is 16. The number of primary amides is 2. The molecule has 0 aliphatic rings. The molecule has 0 saturated carbocycles. The van der Waals surface area contributed by atoms with Gasteiger partial charge in [0.1, 0.15) is 78.5 Å². The molecule has 14 atom stereocenters. The number of carbonyl (C=O) groups excluding carboxylic acids is 16. The number of nitrogens with two attached hydrogens (primary N) is 9. The summed E-state index contributed by atoms with van der Waals surface area (Å²) in [5.74, 6) is -23.7. The lowest BCUT2D eigenvalue weighted by Crippen LogP contribution is -2.60. The van der Waals surface area contributed by atoms with Gasteiger partial charge in [-0.25, -0.2) is 4.79 Å². The maximum Gasteiger partial charge on any atom is 0.326 e. The second kappa shape index (κ2) is 53.7. The maximum absolute atomic E-state index is 14.2. The molecule has 0 radical (unpaired) electrons. The number of carboxylic acids is 3. The number of carbonyl (C=O) groups is 19. The summed E-state index contributed by atoms with van der Waals surface area (Å²) in [6.07, 6.45) is -4.02. The molecule has 660 valence electrons. The quantitative estimate of drug-likeness (QED) is 0.0153. The molecular formula is C69H122N26O22. The van der Waals surface area contributed by atoms with E-state index < -0.39 is 242 Å². The number of aliphatic carboxylic acids is 3. The van der Waals surface area contributed by atoms with Crippen molar-refractivity contribution in [2.75, 3.05) is 26.2 Å². The number of rotatable bonds is 57. The predicted molar refractivity (Wildman–Crippen MR) is 420 cm³/mol. The zero-order valence-corrected chi connectivity index (χ0v) is 67.8. The maximum atomic E-state index is 14.2. The van der Waals surface area contributed by atoms with E-state index in [1.807, 2.05) is 0 Å². The fraction of sp³-hybridized carbons (Fsp3) is 0.681. The molecule has 0 aromatic heterocycles. The molecule has 0 bridgehead atoms. The number of nitrogens with zero attached hydrogens (tertiary/aromatic N) is 3. The normalized spacial score (nSPS) is 14.6. The van der Waals surface area contributed by atoms with Crippen LogP contribution >= 0.6 is 0 Å². The highest BCUT2D eigenvalue weighted by molar-refractivity contribution is 6.01. The van der Waals surface area contributed by atoms with Gasteiger partial charge in [0.25, 0.3) is 0 Å². The molecule has 48 nitrogen and oxygen atoms in total. The average Bonchev–Trinajstić information content (AvgIpc) is 0.817. The van der Waals surface area contributed by atoms with Crippen LogP contribution in [-0.4, -0.2) is 256 Å². The van der Waals surface area contributed by atoms with Gasteiger partial charge >= 0.3 is 17.9 Å². The van der Waals surface area contributed by atoms with Crippen LogP contribution in [0.25, 0.3) is 0 Å². The molecule has 0 aliphatic heterocycles. The van der Waals surface area contributed by atoms with Gasteiger partial charge in [-0.05, 0) is 109 Å². The molecule has 0 aliphatic carbocycles. The monoisotopic (exact) mass is 1670 g/mol. The lowest BCUT2D eigenvalue weighted by molar-refractivity contribution is -0.147. The predicted octanol–water partition coefficient (Wildman–Crippen LogP) is -10.1. The lowest BCUT2D eigenvalue weighted by atomic mass is 9.99. The standard InChI is InChI=1S/C69H122N26O22/c1-30(2)23-41(93-64(114)42(24-31(3)4)89-53(103)35(10)85-62(112)45(27-48(72)97)91-55(105)34(9)83-58(108)38(16-13-21-80-68(75)76)86-56(106)37(70)15-12-20-79-67(73)74)61(111)84-36(11)54(104)90-44(26-47(71)96)57(107)82-29-49(98)95-52(33(7)8)65(115)88-40(18-19-50(99)100)60(110)92-43(25-32(5)6)63(113)87-39(17-14-22-81-69(77)78)59(109)94-46(66(116)117)28-51(101)102/h30-46,52H,12-29,70H2,1-11H3,(H2,71,96)(H2,72,97)(H,82,107)(H,83,108)(H,84,111)(H,85,112)(H,86,106)(H,87,113)(H,88,115)(H,89,103)(H,90,104)(H,91,105)(H,92,110)(H,93,114)(H,94,109)(H,95,98)(H,99,100)(H,101,102)(H,116,117)(H4,73,74,79)(H4,75,76,80)(H4,77,78,81)/t34-,35-,36-,37-,38-,39-,40-,41-,42-,43-,44-,45-,46-,52-/m0/s1. The molecule has 0 fully saturated rings. The Labute approximate surface area is 675 Å². The van der Waals surface area contributed by atoms with Crippen LogP contribution in [0.1, 0.15) is 166 Å². The van der Waals surface area contributed by atoms with Gasteiger partial charge in [0.05, 0.1) is 31.8 Å². The van der Waals surface area contributed by atoms with Gasteiger partial charge in [0, 0.05) is 26.1 Å². The van der Waals surface area contributed by atoms with Crippen LogP contribution in [0.15, 0.2) is 15.0 Å².